The van der Waals surface area contributed by atoms with Crippen LogP contribution in [0.25, 0.3) is 0 Å². The molecular formula is C6H10O4. The van der Waals surface area contributed by atoms with E-state index in [4.69, 9.17) is 10.2 Å². The Labute approximate surface area is 58.1 Å². The first-order valence-corrected chi connectivity index (χ1v) is 3.16. The predicted octanol–water partition coefficient (Wildman–Crippen LogP) is -1.57. The van der Waals surface area contributed by atoms with Crippen molar-refractivity contribution in [1.82, 2.24) is 0 Å². The quantitative estimate of drug-likeness (QED) is 0.418. The minimum Gasteiger partial charge on any atom is -0.393 e. The molecule has 0 aromatic rings. The van der Waals surface area contributed by atoms with Gasteiger partial charge in [-0.2, -0.15) is 0 Å². The molecule has 0 spiro atoms. The van der Waals surface area contributed by atoms with Crippen LogP contribution in [-0.4, -0.2) is 39.4 Å². The van der Waals surface area contributed by atoms with Gasteiger partial charge in [-0.05, 0) is 6.42 Å². The Balaban J connectivity index is 2.80. The fourth-order valence-corrected chi connectivity index (χ4v) is 1.10. The molecule has 0 saturated heterocycles. The summed E-state index contributed by atoms with van der Waals surface area (Å²) in [6.45, 7) is -0.688. The number of hydrogen-bond acceptors (Lipinski definition) is 4. The van der Waals surface area contributed by atoms with Gasteiger partial charge in [0.2, 0.25) is 0 Å². The van der Waals surface area contributed by atoms with Crippen molar-refractivity contribution in [3.8, 4) is 0 Å². The summed E-state index contributed by atoms with van der Waals surface area (Å²) in [5.41, 5.74) is -1.88. The molecular weight excluding hydrogens is 136 g/mol. The molecule has 0 radical (unpaired) electrons. The van der Waals surface area contributed by atoms with E-state index < -0.39 is 24.1 Å². The minimum atomic E-state index is -1.88. The number of aliphatic hydroxyl groups is 3. The zero-order valence-corrected chi connectivity index (χ0v) is 5.45. The van der Waals surface area contributed by atoms with Crippen molar-refractivity contribution in [2.45, 2.75) is 24.5 Å². The molecule has 1 rings (SSSR count). The lowest BCUT2D eigenvalue weighted by molar-refractivity contribution is -0.147. The van der Waals surface area contributed by atoms with Crippen LogP contribution in [0.3, 0.4) is 0 Å². The predicted molar refractivity (Wildman–Crippen MR) is 32.3 cm³/mol. The molecule has 3 N–H and O–H groups in total. The third kappa shape index (κ3) is 0.847. The van der Waals surface area contributed by atoms with Crippen molar-refractivity contribution < 1.29 is 20.1 Å². The van der Waals surface area contributed by atoms with E-state index in [0.717, 1.165) is 0 Å². The van der Waals surface area contributed by atoms with Crippen molar-refractivity contribution in [1.29, 1.82) is 0 Å². The Morgan fingerprint density at radius 1 is 1.70 bits per heavy atom. The lowest BCUT2D eigenvalue weighted by Gasteiger charge is -2.21. The van der Waals surface area contributed by atoms with Gasteiger partial charge in [-0.25, -0.2) is 0 Å². The molecule has 10 heavy (non-hydrogen) atoms. The van der Waals surface area contributed by atoms with Gasteiger partial charge >= 0.3 is 0 Å². The van der Waals surface area contributed by atoms with Crippen molar-refractivity contribution in [3.63, 3.8) is 0 Å². The summed E-state index contributed by atoms with van der Waals surface area (Å²) < 4.78 is 0. The summed E-state index contributed by atoms with van der Waals surface area (Å²) in [7, 11) is 0. The first-order valence-electron chi connectivity index (χ1n) is 3.16. The molecule has 0 aromatic carbocycles. The standard InChI is InChI=1S/C6H10O4/c7-3-6(10)4(8)1-2-5(6)9/h4,7-8,10H,1-3H2/t4-,6-/m1/s1. The fourth-order valence-electron chi connectivity index (χ4n) is 1.10. The van der Waals surface area contributed by atoms with Crippen molar-refractivity contribution in [3.05, 3.63) is 0 Å². The smallest absolute Gasteiger partial charge is 0.171 e. The minimum absolute atomic E-state index is 0.151. The molecule has 1 aliphatic rings. The maximum absolute atomic E-state index is 10.8. The summed E-state index contributed by atoms with van der Waals surface area (Å²) in [6.07, 6.45) is -0.696. The topological polar surface area (TPSA) is 77.8 Å². The van der Waals surface area contributed by atoms with Gasteiger partial charge in [-0.15, -0.1) is 0 Å². The Bertz CT molecular complexity index is 156. The lowest BCUT2D eigenvalue weighted by Crippen LogP contribution is -2.46. The average Bonchev–Trinajstić information content (AvgIpc) is 2.18. The van der Waals surface area contributed by atoms with Crippen molar-refractivity contribution in [2.75, 3.05) is 6.61 Å². The van der Waals surface area contributed by atoms with E-state index in [1.807, 2.05) is 0 Å². The summed E-state index contributed by atoms with van der Waals surface area (Å²) in [5.74, 6) is -0.470. The molecule has 0 aliphatic heterocycles. The van der Waals surface area contributed by atoms with E-state index in [1.165, 1.54) is 0 Å². The highest BCUT2D eigenvalue weighted by Crippen LogP contribution is 2.25. The molecule has 0 unspecified atom stereocenters. The van der Waals surface area contributed by atoms with Crippen LogP contribution in [0.2, 0.25) is 0 Å². The highest BCUT2D eigenvalue weighted by atomic mass is 16.4. The molecule has 0 bridgehead atoms. The van der Waals surface area contributed by atoms with E-state index in [9.17, 15) is 9.90 Å². The molecule has 0 amide bonds. The first kappa shape index (κ1) is 7.65. The van der Waals surface area contributed by atoms with Crippen LogP contribution in [0.15, 0.2) is 0 Å². The summed E-state index contributed by atoms with van der Waals surface area (Å²) >= 11 is 0. The highest BCUT2D eigenvalue weighted by Gasteiger charge is 2.47. The molecule has 1 fully saturated rings. The average molecular weight is 146 g/mol. The Hall–Kier alpha value is -0.450. The molecule has 4 nitrogen and oxygen atoms in total. The summed E-state index contributed by atoms with van der Waals surface area (Å²) in [5, 5.41) is 26.7. The molecule has 1 aliphatic carbocycles. The van der Waals surface area contributed by atoms with Gasteiger partial charge in [0.05, 0.1) is 12.7 Å². The number of hydrogen-bond donors (Lipinski definition) is 3. The Morgan fingerprint density at radius 2 is 2.30 bits per heavy atom. The van der Waals surface area contributed by atoms with E-state index in [-0.39, 0.29) is 12.8 Å². The van der Waals surface area contributed by atoms with Crippen LogP contribution < -0.4 is 0 Å². The van der Waals surface area contributed by atoms with Crippen LogP contribution in [0.1, 0.15) is 12.8 Å². The van der Waals surface area contributed by atoms with Crippen LogP contribution in [0.4, 0.5) is 0 Å². The maximum Gasteiger partial charge on any atom is 0.171 e. The van der Waals surface area contributed by atoms with E-state index >= 15 is 0 Å². The van der Waals surface area contributed by atoms with Crippen LogP contribution in [0, 0.1) is 0 Å². The zero-order chi connectivity index (χ0) is 7.78. The third-order valence-corrected chi connectivity index (χ3v) is 1.92. The second-order valence-electron chi connectivity index (χ2n) is 2.56. The van der Waals surface area contributed by atoms with Crippen LogP contribution >= 0.6 is 0 Å². The second-order valence-corrected chi connectivity index (χ2v) is 2.56. The molecule has 4 heteroatoms. The molecule has 1 saturated carbocycles. The monoisotopic (exact) mass is 146 g/mol. The number of Topliss-reactive ketones (excluding diaryl/α,β-unsaturated/α-hetero) is 1. The third-order valence-electron chi connectivity index (χ3n) is 1.92. The highest BCUT2D eigenvalue weighted by molar-refractivity contribution is 5.90. The van der Waals surface area contributed by atoms with Crippen molar-refractivity contribution in [2.24, 2.45) is 0 Å². The Kier molecular flexibility index (Phi) is 1.76. The number of ketones is 1. The van der Waals surface area contributed by atoms with Crippen LogP contribution in [-0.2, 0) is 4.79 Å². The fraction of sp³-hybridized carbons (Fsp3) is 0.833. The van der Waals surface area contributed by atoms with Crippen LogP contribution in [0.5, 0.6) is 0 Å². The van der Waals surface area contributed by atoms with E-state index in [0.29, 0.717) is 0 Å². The van der Waals surface area contributed by atoms with Gasteiger partial charge in [0.15, 0.2) is 11.4 Å². The number of carbonyl (C=O) groups is 1. The van der Waals surface area contributed by atoms with Gasteiger partial charge in [0.25, 0.3) is 0 Å². The van der Waals surface area contributed by atoms with Crippen molar-refractivity contribution >= 4 is 5.78 Å². The summed E-state index contributed by atoms with van der Waals surface area (Å²) in [4.78, 5) is 10.8. The molecule has 2 atom stereocenters. The Morgan fingerprint density at radius 3 is 2.50 bits per heavy atom. The van der Waals surface area contributed by atoms with E-state index in [2.05, 4.69) is 0 Å². The summed E-state index contributed by atoms with van der Waals surface area (Å²) in [6, 6.07) is 0. The molecule has 58 valence electrons. The largest absolute Gasteiger partial charge is 0.393 e. The van der Waals surface area contributed by atoms with Gasteiger partial charge in [-0.1, -0.05) is 0 Å². The maximum atomic E-state index is 10.8. The molecule has 0 aromatic heterocycles. The van der Waals surface area contributed by atoms with Gasteiger partial charge in [0.1, 0.15) is 0 Å². The second kappa shape index (κ2) is 2.30. The SMILES string of the molecule is O=C1CC[C@@H](O)[C@]1(O)CO. The van der Waals surface area contributed by atoms with Gasteiger partial charge in [-0.3, -0.25) is 4.79 Å². The first-order chi connectivity index (χ1) is 4.61. The molecule has 0 heterocycles. The normalized spacial score (nSPS) is 40.7. The van der Waals surface area contributed by atoms with E-state index in [1.54, 1.807) is 0 Å². The number of aliphatic hydroxyl groups excluding tert-OH is 2. The van der Waals surface area contributed by atoms with Gasteiger partial charge in [0, 0.05) is 6.42 Å². The lowest BCUT2D eigenvalue weighted by atomic mass is 10.0. The number of carbonyl (C=O) groups excluding carboxylic acids is 1. The number of rotatable bonds is 1. The van der Waals surface area contributed by atoms with Gasteiger partial charge < -0.3 is 15.3 Å². The zero-order valence-electron chi connectivity index (χ0n) is 5.45.